The molecule has 1 aliphatic rings. The summed E-state index contributed by atoms with van der Waals surface area (Å²) in [6, 6.07) is 7.83. The number of amides is 1. The van der Waals surface area contributed by atoms with Crippen LogP contribution in [0.3, 0.4) is 0 Å². The standard InChI is InChI=1S/C22H20Cl2F2N4O2/c23-17-5-4-14(30-11-10-27-29-30)12-16(17)21(31)28-20(15-2-1-3-18(26)19(15)24)22(32)8-6-13(25)7-9-22/h1-5,10-13,20,32H,6-9H2,(H,28,31)/t13-,20?,22+. The van der Waals surface area contributed by atoms with Crippen molar-refractivity contribution in [2.75, 3.05) is 0 Å². The van der Waals surface area contributed by atoms with E-state index in [1.54, 1.807) is 18.3 Å². The van der Waals surface area contributed by atoms with Crippen molar-refractivity contribution in [1.82, 2.24) is 20.3 Å². The molecule has 1 aliphatic carbocycles. The highest BCUT2D eigenvalue weighted by Gasteiger charge is 2.43. The quantitative estimate of drug-likeness (QED) is 0.548. The maximum Gasteiger partial charge on any atom is 0.253 e. The number of alkyl halides is 1. The summed E-state index contributed by atoms with van der Waals surface area (Å²) in [7, 11) is 0. The molecule has 1 atom stereocenters. The maximum atomic E-state index is 14.2. The fourth-order valence-electron chi connectivity index (χ4n) is 4.00. The SMILES string of the molecule is O=C(NC(c1cccc(F)c1Cl)[C@]1(O)CC[C@@H](F)CC1)c1cc(-n2ccnn2)ccc1Cl. The molecule has 2 aromatic carbocycles. The smallest absolute Gasteiger partial charge is 0.253 e. The van der Waals surface area contributed by atoms with Crippen LogP contribution in [0.5, 0.6) is 0 Å². The highest BCUT2D eigenvalue weighted by molar-refractivity contribution is 6.34. The van der Waals surface area contributed by atoms with E-state index in [1.807, 2.05) is 0 Å². The highest BCUT2D eigenvalue weighted by atomic mass is 35.5. The number of benzene rings is 2. The lowest BCUT2D eigenvalue weighted by Gasteiger charge is -2.41. The summed E-state index contributed by atoms with van der Waals surface area (Å²) >= 11 is 12.5. The molecule has 32 heavy (non-hydrogen) atoms. The predicted molar refractivity (Wildman–Crippen MR) is 116 cm³/mol. The van der Waals surface area contributed by atoms with E-state index in [9.17, 15) is 18.7 Å². The molecule has 1 aromatic heterocycles. The van der Waals surface area contributed by atoms with E-state index in [1.165, 1.54) is 35.1 Å². The second kappa shape index (κ2) is 9.13. The molecular weight excluding hydrogens is 461 g/mol. The van der Waals surface area contributed by atoms with Gasteiger partial charge in [0.25, 0.3) is 5.91 Å². The van der Waals surface area contributed by atoms with Crippen LogP contribution in [-0.4, -0.2) is 37.8 Å². The Morgan fingerprint density at radius 2 is 2.00 bits per heavy atom. The van der Waals surface area contributed by atoms with Crippen LogP contribution in [0.1, 0.15) is 47.6 Å². The molecule has 0 spiro atoms. The molecule has 1 heterocycles. The maximum absolute atomic E-state index is 14.2. The van der Waals surface area contributed by atoms with Gasteiger partial charge in [-0.05, 0) is 55.5 Å². The van der Waals surface area contributed by atoms with Crippen molar-refractivity contribution in [2.45, 2.75) is 43.5 Å². The van der Waals surface area contributed by atoms with E-state index >= 15 is 0 Å². The second-order valence-corrected chi connectivity index (χ2v) is 8.62. The van der Waals surface area contributed by atoms with Crippen molar-refractivity contribution in [2.24, 2.45) is 0 Å². The summed E-state index contributed by atoms with van der Waals surface area (Å²) in [6.45, 7) is 0. The van der Waals surface area contributed by atoms with Gasteiger partial charge in [-0.1, -0.05) is 40.5 Å². The normalized spacial score (nSPS) is 21.8. The summed E-state index contributed by atoms with van der Waals surface area (Å²) in [5, 5.41) is 21.7. The Morgan fingerprint density at radius 1 is 1.25 bits per heavy atom. The molecule has 0 saturated heterocycles. The van der Waals surface area contributed by atoms with Gasteiger partial charge in [0.1, 0.15) is 12.0 Å². The summed E-state index contributed by atoms with van der Waals surface area (Å²) in [5.74, 6) is -1.28. The Hall–Kier alpha value is -2.55. The van der Waals surface area contributed by atoms with E-state index in [0.717, 1.165) is 0 Å². The number of rotatable bonds is 5. The van der Waals surface area contributed by atoms with E-state index in [-0.39, 0.29) is 46.9 Å². The van der Waals surface area contributed by atoms with Gasteiger partial charge < -0.3 is 10.4 Å². The van der Waals surface area contributed by atoms with Crippen LogP contribution in [0.2, 0.25) is 10.0 Å². The molecule has 0 bridgehead atoms. The van der Waals surface area contributed by atoms with Gasteiger partial charge in [-0.25, -0.2) is 13.5 Å². The van der Waals surface area contributed by atoms with Gasteiger partial charge >= 0.3 is 0 Å². The minimum Gasteiger partial charge on any atom is -0.387 e. The molecule has 0 aliphatic heterocycles. The molecular formula is C22H20Cl2F2N4O2. The van der Waals surface area contributed by atoms with Gasteiger partial charge in [-0.15, -0.1) is 5.10 Å². The van der Waals surface area contributed by atoms with E-state index in [4.69, 9.17) is 23.2 Å². The predicted octanol–water partition coefficient (Wildman–Crippen LogP) is 4.83. The molecule has 0 radical (unpaired) electrons. The molecule has 168 valence electrons. The Bertz CT molecular complexity index is 1120. The number of hydrogen-bond acceptors (Lipinski definition) is 4. The number of carbonyl (C=O) groups is 1. The second-order valence-electron chi connectivity index (χ2n) is 7.84. The largest absolute Gasteiger partial charge is 0.387 e. The van der Waals surface area contributed by atoms with Crippen molar-refractivity contribution < 1.29 is 18.7 Å². The third-order valence-corrected chi connectivity index (χ3v) is 6.50. The fourth-order valence-corrected chi connectivity index (χ4v) is 4.44. The van der Waals surface area contributed by atoms with Gasteiger partial charge in [0.2, 0.25) is 0 Å². The third kappa shape index (κ3) is 4.48. The number of aromatic nitrogens is 3. The first kappa shape index (κ1) is 22.6. The lowest BCUT2D eigenvalue weighted by Crippen LogP contribution is -2.48. The Kier molecular flexibility index (Phi) is 6.46. The molecule has 2 N–H and O–H groups in total. The first-order valence-corrected chi connectivity index (χ1v) is 10.8. The minimum atomic E-state index is -1.51. The molecule has 3 aromatic rings. The minimum absolute atomic E-state index is 0.0820. The first-order valence-electron chi connectivity index (χ1n) is 10.1. The van der Waals surface area contributed by atoms with Crippen molar-refractivity contribution in [3.63, 3.8) is 0 Å². The number of nitrogens with one attached hydrogen (secondary N) is 1. The van der Waals surface area contributed by atoms with Crippen LogP contribution in [0, 0.1) is 5.82 Å². The molecule has 6 nitrogen and oxygen atoms in total. The van der Waals surface area contributed by atoms with E-state index < -0.39 is 29.5 Å². The summed E-state index contributed by atoms with van der Waals surface area (Å²) in [5.41, 5.74) is -0.622. The number of nitrogens with zero attached hydrogens (tertiary/aromatic N) is 3. The average Bonchev–Trinajstić information content (AvgIpc) is 3.31. The Balaban J connectivity index is 1.71. The molecule has 1 unspecified atom stereocenters. The van der Waals surface area contributed by atoms with Gasteiger partial charge in [0, 0.05) is 0 Å². The van der Waals surface area contributed by atoms with E-state index in [0.29, 0.717) is 5.69 Å². The molecule has 10 heteroatoms. The van der Waals surface area contributed by atoms with Crippen molar-refractivity contribution in [3.8, 4) is 5.69 Å². The third-order valence-electron chi connectivity index (χ3n) is 5.77. The zero-order valence-electron chi connectivity index (χ0n) is 16.8. The van der Waals surface area contributed by atoms with Crippen LogP contribution in [-0.2, 0) is 0 Å². The summed E-state index contributed by atoms with van der Waals surface area (Å²) in [6.07, 6.45) is 2.47. The van der Waals surface area contributed by atoms with Gasteiger partial charge in [0.15, 0.2) is 0 Å². The first-order chi connectivity index (χ1) is 15.3. The lowest BCUT2D eigenvalue weighted by molar-refractivity contribution is -0.0445. The number of aliphatic hydroxyl groups is 1. The van der Waals surface area contributed by atoms with Crippen molar-refractivity contribution in [1.29, 1.82) is 0 Å². The number of carbonyl (C=O) groups excluding carboxylic acids is 1. The average molecular weight is 481 g/mol. The zero-order valence-corrected chi connectivity index (χ0v) is 18.3. The van der Waals surface area contributed by atoms with Crippen molar-refractivity contribution in [3.05, 3.63) is 75.8 Å². The fraction of sp³-hybridized carbons (Fsp3) is 0.318. The van der Waals surface area contributed by atoms with E-state index in [2.05, 4.69) is 15.6 Å². The molecule has 1 fully saturated rings. The lowest BCUT2D eigenvalue weighted by atomic mass is 9.76. The van der Waals surface area contributed by atoms with Gasteiger partial charge in [-0.3, -0.25) is 4.79 Å². The Morgan fingerprint density at radius 3 is 2.69 bits per heavy atom. The highest BCUT2D eigenvalue weighted by Crippen LogP contribution is 2.42. The van der Waals surface area contributed by atoms with Gasteiger partial charge in [0.05, 0.1) is 45.3 Å². The summed E-state index contributed by atoms with van der Waals surface area (Å²) in [4.78, 5) is 13.3. The van der Waals surface area contributed by atoms with Crippen LogP contribution in [0.25, 0.3) is 5.69 Å². The van der Waals surface area contributed by atoms with Crippen molar-refractivity contribution >= 4 is 29.1 Å². The topological polar surface area (TPSA) is 80.0 Å². The Labute approximate surface area is 193 Å². The van der Waals surface area contributed by atoms with Crippen LogP contribution in [0.15, 0.2) is 48.8 Å². The van der Waals surface area contributed by atoms with Crippen LogP contribution >= 0.6 is 23.2 Å². The summed E-state index contributed by atoms with van der Waals surface area (Å²) < 4.78 is 29.4. The number of hydrogen-bond donors (Lipinski definition) is 2. The van der Waals surface area contributed by atoms with Crippen LogP contribution < -0.4 is 5.32 Å². The molecule has 4 rings (SSSR count). The molecule has 1 amide bonds. The number of halogens is 4. The van der Waals surface area contributed by atoms with Gasteiger partial charge in [-0.2, -0.15) is 0 Å². The monoisotopic (exact) mass is 480 g/mol. The zero-order chi connectivity index (χ0) is 22.9. The molecule has 1 saturated carbocycles. The van der Waals surface area contributed by atoms with Crippen LogP contribution in [0.4, 0.5) is 8.78 Å².